The number of alkyl halides is 3. The van der Waals surface area contributed by atoms with Crippen LogP contribution < -0.4 is 0 Å². The van der Waals surface area contributed by atoms with Crippen molar-refractivity contribution >= 4 is 34.3 Å². The minimum atomic E-state index is -4.71. The Kier molecular flexibility index (Phi) is 3.51. The fourth-order valence-corrected chi connectivity index (χ4v) is 1.03. The van der Waals surface area contributed by atoms with Crippen molar-refractivity contribution in [3.05, 3.63) is 16.9 Å². The standard InChI is InChI=1S/C7H4Cl2F3N3/c1-3-2-4(8)14-6(13-3)15-5(9)7(10,11)12/h2H,1H3. The first-order valence-electron chi connectivity index (χ1n) is 3.61. The van der Waals surface area contributed by atoms with Crippen LogP contribution >= 0.6 is 23.2 Å². The molecule has 1 rings (SSSR count). The van der Waals surface area contributed by atoms with Crippen molar-refractivity contribution in [1.29, 1.82) is 0 Å². The number of rotatable bonds is 1. The van der Waals surface area contributed by atoms with Gasteiger partial charge in [-0.05, 0) is 13.0 Å². The fourth-order valence-electron chi connectivity index (χ4n) is 0.716. The van der Waals surface area contributed by atoms with E-state index in [4.69, 9.17) is 23.2 Å². The van der Waals surface area contributed by atoms with Crippen LogP contribution in [-0.4, -0.2) is 21.3 Å². The highest BCUT2D eigenvalue weighted by molar-refractivity contribution is 6.67. The molecule has 0 saturated heterocycles. The molecule has 0 aromatic carbocycles. The number of halogens is 5. The van der Waals surface area contributed by atoms with Crippen LogP contribution in [0.25, 0.3) is 0 Å². The van der Waals surface area contributed by atoms with Crippen molar-refractivity contribution in [1.82, 2.24) is 9.97 Å². The van der Waals surface area contributed by atoms with Gasteiger partial charge in [0.25, 0.3) is 5.95 Å². The maximum atomic E-state index is 12.0. The highest BCUT2D eigenvalue weighted by Crippen LogP contribution is 2.22. The molecule has 0 amide bonds. The van der Waals surface area contributed by atoms with Gasteiger partial charge in [0.1, 0.15) is 5.15 Å². The van der Waals surface area contributed by atoms with E-state index in [0.29, 0.717) is 5.69 Å². The molecule has 0 saturated carbocycles. The van der Waals surface area contributed by atoms with Crippen LogP contribution in [0.15, 0.2) is 11.1 Å². The molecule has 1 aromatic heterocycles. The van der Waals surface area contributed by atoms with E-state index in [0.717, 1.165) is 0 Å². The zero-order chi connectivity index (χ0) is 11.6. The van der Waals surface area contributed by atoms with Crippen molar-refractivity contribution < 1.29 is 13.2 Å². The molecule has 3 nitrogen and oxygen atoms in total. The third-order valence-electron chi connectivity index (χ3n) is 1.24. The van der Waals surface area contributed by atoms with Crippen molar-refractivity contribution in [2.24, 2.45) is 4.99 Å². The Bertz CT molecular complexity index is 383. The quantitative estimate of drug-likeness (QED) is 0.572. The molecule has 0 spiro atoms. The van der Waals surface area contributed by atoms with Crippen molar-refractivity contribution in [3.8, 4) is 0 Å². The van der Waals surface area contributed by atoms with Gasteiger partial charge in [0.2, 0.25) is 5.17 Å². The van der Waals surface area contributed by atoms with Crippen LogP contribution in [0, 0.1) is 6.92 Å². The van der Waals surface area contributed by atoms with Gasteiger partial charge in [-0.3, -0.25) is 0 Å². The van der Waals surface area contributed by atoms with Gasteiger partial charge < -0.3 is 0 Å². The van der Waals surface area contributed by atoms with Gasteiger partial charge in [0.15, 0.2) is 0 Å². The summed E-state index contributed by atoms with van der Waals surface area (Å²) in [4.78, 5) is 10.1. The van der Waals surface area contributed by atoms with E-state index in [-0.39, 0.29) is 5.15 Å². The van der Waals surface area contributed by atoms with Crippen LogP contribution in [0.4, 0.5) is 19.1 Å². The lowest BCUT2D eigenvalue weighted by Crippen LogP contribution is -2.16. The van der Waals surface area contributed by atoms with E-state index in [1.807, 2.05) is 0 Å². The van der Waals surface area contributed by atoms with Crippen LogP contribution in [-0.2, 0) is 0 Å². The number of hydrogen-bond acceptors (Lipinski definition) is 3. The minimum absolute atomic E-state index is 0.00731. The topological polar surface area (TPSA) is 38.1 Å². The summed E-state index contributed by atoms with van der Waals surface area (Å²) in [6.07, 6.45) is -4.71. The number of hydrogen-bond donors (Lipinski definition) is 0. The van der Waals surface area contributed by atoms with E-state index in [1.165, 1.54) is 6.07 Å². The van der Waals surface area contributed by atoms with Gasteiger partial charge in [-0.1, -0.05) is 23.2 Å². The lowest BCUT2D eigenvalue weighted by atomic mass is 10.5. The number of aliphatic imine (C=N–C) groups is 1. The summed E-state index contributed by atoms with van der Waals surface area (Å²) in [7, 11) is 0. The van der Waals surface area contributed by atoms with Gasteiger partial charge >= 0.3 is 6.18 Å². The largest absolute Gasteiger partial charge is 0.444 e. The van der Waals surface area contributed by atoms with E-state index >= 15 is 0 Å². The molecule has 0 aliphatic rings. The first-order chi connectivity index (χ1) is 6.79. The number of aryl methyl sites for hydroxylation is 1. The van der Waals surface area contributed by atoms with Crippen molar-refractivity contribution in [2.75, 3.05) is 0 Å². The highest BCUT2D eigenvalue weighted by atomic mass is 35.5. The molecule has 0 bridgehead atoms. The molecule has 0 unspecified atom stereocenters. The van der Waals surface area contributed by atoms with Crippen molar-refractivity contribution in [2.45, 2.75) is 13.1 Å². The summed E-state index contributed by atoms with van der Waals surface area (Å²) >= 11 is 10.4. The second-order valence-electron chi connectivity index (χ2n) is 2.53. The maximum Gasteiger partial charge on any atom is 0.444 e. The van der Waals surface area contributed by atoms with Crippen LogP contribution in [0.3, 0.4) is 0 Å². The second-order valence-corrected chi connectivity index (χ2v) is 3.28. The normalized spacial score (nSPS) is 13.1. The zero-order valence-corrected chi connectivity index (χ0v) is 8.82. The molecule has 15 heavy (non-hydrogen) atoms. The van der Waals surface area contributed by atoms with Gasteiger partial charge in [-0.15, -0.1) is 0 Å². The molecule has 0 fully saturated rings. The first-order valence-corrected chi connectivity index (χ1v) is 4.37. The lowest BCUT2D eigenvalue weighted by molar-refractivity contribution is -0.0558. The third kappa shape index (κ3) is 3.64. The smallest absolute Gasteiger partial charge is 0.216 e. The third-order valence-corrected chi connectivity index (χ3v) is 1.74. The molecular weight excluding hydrogens is 254 g/mol. The average Bonchev–Trinajstić information content (AvgIpc) is 1.99. The lowest BCUT2D eigenvalue weighted by Gasteiger charge is -2.02. The SMILES string of the molecule is Cc1cc(Cl)nc(N=C(Cl)C(F)(F)F)n1. The second kappa shape index (κ2) is 4.32. The van der Waals surface area contributed by atoms with Gasteiger partial charge in [-0.2, -0.15) is 23.1 Å². The molecule has 1 heterocycles. The fraction of sp³-hybridized carbons (Fsp3) is 0.286. The first kappa shape index (κ1) is 12.2. The Labute approximate surface area is 93.0 Å². The van der Waals surface area contributed by atoms with E-state index in [9.17, 15) is 13.2 Å². The monoisotopic (exact) mass is 257 g/mol. The molecule has 8 heteroatoms. The summed E-state index contributed by atoms with van der Waals surface area (Å²) < 4.78 is 36.0. The summed E-state index contributed by atoms with van der Waals surface area (Å²) in [6, 6.07) is 1.39. The molecule has 82 valence electrons. The predicted molar refractivity (Wildman–Crippen MR) is 50.8 cm³/mol. The Morgan fingerprint density at radius 1 is 1.40 bits per heavy atom. The summed E-state index contributed by atoms with van der Waals surface area (Å²) in [5, 5.41) is -1.53. The van der Waals surface area contributed by atoms with Gasteiger partial charge in [0.05, 0.1) is 0 Å². The zero-order valence-electron chi connectivity index (χ0n) is 7.31. The molecule has 1 aromatic rings. The molecule has 0 N–H and O–H groups in total. The Morgan fingerprint density at radius 3 is 2.47 bits per heavy atom. The predicted octanol–water partition coefficient (Wildman–Crippen LogP) is 3.27. The van der Waals surface area contributed by atoms with Crippen LogP contribution in [0.5, 0.6) is 0 Å². The van der Waals surface area contributed by atoms with E-state index < -0.39 is 17.3 Å². The van der Waals surface area contributed by atoms with E-state index in [1.54, 1.807) is 6.92 Å². The van der Waals surface area contributed by atoms with Crippen LogP contribution in [0.1, 0.15) is 5.69 Å². The minimum Gasteiger partial charge on any atom is -0.216 e. The summed E-state index contributed by atoms with van der Waals surface area (Å²) in [6.45, 7) is 1.55. The molecule has 0 atom stereocenters. The highest BCUT2D eigenvalue weighted by Gasteiger charge is 2.34. The molecular formula is C7H4Cl2F3N3. The van der Waals surface area contributed by atoms with E-state index in [2.05, 4.69) is 15.0 Å². The van der Waals surface area contributed by atoms with Crippen molar-refractivity contribution in [3.63, 3.8) is 0 Å². The van der Waals surface area contributed by atoms with Gasteiger partial charge in [0, 0.05) is 5.69 Å². The van der Waals surface area contributed by atoms with Crippen LogP contribution in [0.2, 0.25) is 5.15 Å². The molecule has 0 radical (unpaired) electrons. The Balaban J connectivity index is 3.08. The number of aromatic nitrogens is 2. The number of nitrogens with zero attached hydrogens (tertiary/aromatic N) is 3. The summed E-state index contributed by atoms with van der Waals surface area (Å²) in [5.41, 5.74) is 0.403. The maximum absolute atomic E-state index is 12.0. The molecule has 0 aliphatic heterocycles. The Morgan fingerprint density at radius 2 is 2.00 bits per heavy atom. The molecule has 0 aliphatic carbocycles. The van der Waals surface area contributed by atoms with Gasteiger partial charge in [-0.25, -0.2) is 4.98 Å². The average molecular weight is 258 g/mol. The summed E-state index contributed by atoms with van der Waals surface area (Å²) in [5.74, 6) is -0.415. The Hall–Kier alpha value is -0.880.